The molecule has 0 amide bonds. The van der Waals surface area contributed by atoms with Gasteiger partial charge in [-0.3, -0.25) is 0 Å². The smallest absolute Gasteiger partial charge is 0.339 e. The molecule has 0 unspecified atom stereocenters. The molecule has 2 aromatic rings. The number of rotatable bonds is 4. The van der Waals surface area contributed by atoms with Gasteiger partial charge in [0.05, 0.1) is 17.8 Å². The number of nitrogens with one attached hydrogen (secondary N) is 1. The average molecular weight is 335 g/mol. The van der Waals surface area contributed by atoms with Crippen molar-refractivity contribution in [2.24, 2.45) is 0 Å². The molecular weight excluding hydrogens is 324 g/mol. The summed E-state index contributed by atoms with van der Waals surface area (Å²) < 4.78 is 6.18. The number of furan rings is 1. The maximum Gasteiger partial charge on any atom is 0.339 e. The van der Waals surface area contributed by atoms with E-state index in [1.807, 2.05) is 6.07 Å². The van der Waals surface area contributed by atoms with Crippen LogP contribution in [0.3, 0.4) is 0 Å². The number of hydrogen-bond acceptors (Lipinski definition) is 4. The molecule has 1 heterocycles. The van der Waals surface area contributed by atoms with Crippen LogP contribution in [0.4, 0.5) is 5.69 Å². The zero-order valence-electron chi connectivity index (χ0n) is 10.6. The second-order valence-corrected chi connectivity index (χ2v) is 5.06. The number of anilines is 1. The summed E-state index contributed by atoms with van der Waals surface area (Å²) >= 11 is 3.30. The lowest BCUT2D eigenvalue weighted by Gasteiger charge is -2.06. The summed E-state index contributed by atoms with van der Waals surface area (Å²) in [5.74, 6) is -0.142. The highest BCUT2D eigenvalue weighted by Crippen LogP contribution is 2.22. The van der Waals surface area contributed by atoms with Gasteiger partial charge >= 0.3 is 5.97 Å². The third-order valence-corrected chi connectivity index (χ3v) is 3.25. The minimum absolute atomic E-state index is 0.151. The van der Waals surface area contributed by atoms with E-state index in [1.165, 1.54) is 6.07 Å². The van der Waals surface area contributed by atoms with Crippen molar-refractivity contribution in [1.82, 2.24) is 0 Å². The number of aromatic carboxylic acids is 1. The van der Waals surface area contributed by atoms with Crippen molar-refractivity contribution in [2.45, 2.75) is 13.5 Å². The fourth-order valence-electron chi connectivity index (χ4n) is 1.79. The van der Waals surface area contributed by atoms with Crippen molar-refractivity contribution in [3.05, 3.63) is 51.4 Å². The molecule has 6 heteroatoms. The molecule has 2 N–H and O–H groups in total. The predicted molar refractivity (Wildman–Crippen MR) is 76.6 cm³/mol. The third-order valence-electron chi connectivity index (χ3n) is 2.75. The lowest BCUT2D eigenvalue weighted by Crippen LogP contribution is -2.00. The number of carbonyl (C=O) groups is 1. The van der Waals surface area contributed by atoms with Crippen LogP contribution in [0.25, 0.3) is 0 Å². The van der Waals surface area contributed by atoms with Crippen LogP contribution < -0.4 is 5.32 Å². The van der Waals surface area contributed by atoms with Gasteiger partial charge in [-0.15, -0.1) is 0 Å². The average Bonchev–Trinajstić information content (AvgIpc) is 2.78. The molecule has 0 radical (unpaired) electrons. The fourth-order valence-corrected chi connectivity index (χ4v) is 2.15. The third kappa shape index (κ3) is 3.00. The van der Waals surface area contributed by atoms with E-state index in [2.05, 4.69) is 27.3 Å². The quantitative estimate of drug-likeness (QED) is 0.893. The number of halogens is 1. The van der Waals surface area contributed by atoms with Gasteiger partial charge in [0.25, 0.3) is 0 Å². The van der Waals surface area contributed by atoms with Crippen LogP contribution in [0.5, 0.6) is 0 Å². The fraction of sp³-hybridized carbons (Fsp3) is 0.143. The highest BCUT2D eigenvalue weighted by molar-refractivity contribution is 9.10. The Hall–Kier alpha value is -2.26. The van der Waals surface area contributed by atoms with Crippen LogP contribution in [-0.4, -0.2) is 11.1 Å². The number of nitrogens with zero attached hydrogens (tertiary/aromatic N) is 1. The van der Waals surface area contributed by atoms with E-state index in [4.69, 9.17) is 14.8 Å². The zero-order valence-corrected chi connectivity index (χ0v) is 12.2. The summed E-state index contributed by atoms with van der Waals surface area (Å²) in [5, 5.41) is 21.1. The van der Waals surface area contributed by atoms with Crippen molar-refractivity contribution in [3.63, 3.8) is 0 Å². The highest BCUT2D eigenvalue weighted by atomic mass is 79.9. The van der Waals surface area contributed by atoms with E-state index >= 15 is 0 Å². The molecule has 0 saturated heterocycles. The first-order valence-electron chi connectivity index (χ1n) is 5.77. The molecule has 0 spiro atoms. The second-order valence-electron chi connectivity index (χ2n) is 4.14. The van der Waals surface area contributed by atoms with Crippen LogP contribution in [0, 0.1) is 18.3 Å². The Balaban J connectivity index is 2.15. The highest BCUT2D eigenvalue weighted by Gasteiger charge is 2.13. The first-order chi connectivity index (χ1) is 9.51. The predicted octanol–water partition coefficient (Wildman–Crippen LogP) is 3.53. The maximum atomic E-state index is 10.9. The van der Waals surface area contributed by atoms with Crippen LogP contribution in [0.15, 0.2) is 33.2 Å². The first kappa shape index (κ1) is 14.2. The molecule has 0 aliphatic carbocycles. The lowest BCUT2D eigenvalue weighted by atomic mass is 10.2. The van der Waals surface area contributed by atoms with Gasteiger partial charge in [0.1, 0.15) is 23.2 Å². The molecule has 0 atom stereocenters. The van der Waals surface area contributed by atoms with Crippen LogP contribution >= 0.6 is 15.9 Å². The normalized spacial score (nSPS) is 10.1. The number of hydrogen-bond donors (Lipinski definition) is 2. The molecule has 20 heavy (non-hydrogen) atoms. The summed E-state index contributed by atoms with van der Waals surface area (Å²) in [6.07, 6.45) is 0. The minimum Gasteiger partial charge on any atom is -0.478 e. The van der Waals surface area contributed by atoms with Gasteiger partial charge in [-0.25, -0.2) is 4.79 Å². The van der Waals surface area contributed by atoms with E-state index in [9.17, 15) is 4.79 Å². The van der Waals surface area contributed by atoms with Crippen molar-refractivity contribution >= 4 is 27.6 Å². The largest absolute Gasteiger partial charge is 0.478 e. The Labute approximate surface area is 124 Å². The molecule has 0 saturated carbocycles. The summed E-state index contributed by atoms with van der Waals surface area (Å²) in [5.41, 5.74) is 1.32. The van der Waals surface area contributed by atoms with E-state index in [0.29, 0.717) is 29.3 Å². The Morgan fingerprint density at radius 1 is 1.50 bits per heavy atom. The molecule has 5 nitrogen and oxygen atoms in total. The molecule has 1 aromatic carbocycles. The van der Waals surface area contributed by atoms with Gasteiger partial charge in [0, 0.05) is 4.47 Å². The van der Waals surface area contributed by atoms with Crippen molar-refractivity contribution in [3.8, 4) is 6.07 Å². The summed E-state index contributed by atoms with van der Waals surface area (Å²) in [6, 6.07) is 8.87. The summed E-state index contributed by atoms with van der Waals surface area (Å²) in [7, 11) is 0. The summed E-state index contributed by atoms with van der Waals surface area (Å²) in [6.45, 7) is 1.91. The lowest BCUT2D eigenvalue weighted by molar-refractivity contribution is 0.0695. The molecule has 1 aromatic heterocycles. The molecule has 0 aliphatic heterocycles. The number of benzene rings is 1. The molecule has 102 valence electrons. The Bertz CT molecular complexity index is 701. The van der Waals surface area contributed by atoms with Gasteiger partial charge in [-0.2, -0.15) is 5.26 Å². The second kappa shape index (κ2) is 5.80. The Morgan fingerprint density at radius 3 is 2.85 bits per heavy atom. The molecule has 2 rings (SSSR count). The number of carboxylic acids is 1. The number of carboxylic acid groups (broad SMARTS) is 1. The van der Waals surface area contributed by atoms with E-state index in [0.717, 1.165) is 4.47 Å². The van der Waals surface area contributed by atoms with Gasteiger partial charge in [0.15, 0.2) is 0 Å². The Morgan fingerprint density at radius 2 is 2.25 bits per heavy atom. The summed E-state index contributed by atoms with van der Waals surface area (Å²) in [4.78, 5) is 10.9. The number of nitriles is 1. The van der Waals surface area contributed by atoms with E-state index in [1.54, 1.807) is 19.1 Å². The SMILES string of the molecule is Cc1oc(CNc2ccc(Br)cc2C#N)cc1C(=O)O. The Kier molecular flexibility index (Phi) is 4.11. The van der Waals surface area contributed by atoms with Gasteiger partial charge in [0.2, 0.25) is 0 Å². The molecule has 0 bridgehead atoms. The first-order valence-corrected chi connectivity index (χ1v) is 6.56. The van der Waals surface area contributed by atoms with Gasteiger partial charge in [-0.05, 0) is 31.2 Å². The van der Waals surface area contributed by atoms with Crippen molar-refractivity contribution < 1.29 is 14.3 Å². The van der Waals surface area contributed by atoms with Crippen molar-refractivity contribution in [2.75, 3.05) is 5.32 Å². The monoisotopic (exact) mass is 334 g/mol. The van der Waals surface area contributed by atoms with E-state index in [-0.39, 0.29) is 5.56 Å². The van der Waals surface area contributed by atoms with Crippen LogP contribution in [0.1, 0.15) is 27.4 Å². The number of aryl methyl sites for hydroxylation is 1. The zero-order chi connectivity index (χ0) is 14.7. The van der Waals surface area contributed by atoms with Gasteiger partial charge in [-0.1, -0.05) is 15.9 Å². The van der Waals surface area contributed by atoms with Crippen molar-refractivity contribution in [1.29, 1.82) is 5.26 Å². The maximum absolute atomic E-state index is 10.9. The molecule has 0 aliphatic rings. The van der Waals surface area contributed by atoms with E-state index < -0.39 is 5.97 Å². The molecule has 0 fully saturated rings. The molecular formula is C14H11BrN2O3. The van der Waals surface area contributed by atoms with Crippen LogP contribution in [-0.2, 0) is 6.54 Å². The minimum atomic E-state index is -1.01. The van der Waals surface area contributed by atoms with Crippen LogP contribution in [0.2, 0.25) is 0 Å². The van der Waals surface area contributed by atoms with Gasteiger partial charge < -0.3 is 14.8 Å². The topological polar surface area (TPSA) is 86.3 Å². The standard InChI is InChI=1S/C14H11BrN2O3/c1-8-12(14(18)19)5-11(20-8)7-17-13-3-2-10(15)4-9(13)6-16/h2-5,17H,7H2,1H3,(H,18,19).